The lowest BCUT2D eigenvalue weighted by atomic mass is 10.1. The molecular weight excluding hydrogens is 338 g/mol. The highest BCUT2D eigenvalue weighted by molar-refractivity contribution is 5.96. The van der Waals surface area contributed by atoms with E-state index < -0.39 is 17.8 Å². The Morgan fingerprint density at radius 3 is 2.69 bits per heavy atom. The molecule has 2 heterocycles. The predicted molar refractivity (Wildman–Crippen MR) is 90.1 cm³/mol. The van der Waals surface area contributed by atoms with E-state index in [1.807, 2.05) is 0 Å². The minimum absolute atomic E-state index is 0.0696. The van der Waals surface area contributed by atoms with Crippen LogP contribution in [0.3, 0.4) is 0 Å². The summed E-state index contributed by atoms with van der Waals surface area (Å²) >= 11 is 0. The standard InChI is InChI=1S/C17H15N5O4/c1-10-7-11(3-4-12(10)16(25)26)8-18-14(23)13-9-19-17(21-15(13)24)22-6-2-5-20-22/h2-7,9H,8H2,1H3,(H,18,23)(H,25,26)(H,19,21,24). The minimum Gasteiger partial charge on any atom is -0.493 e. The molecule has 3 N–H and O–H groups in total. The molecule has 26 heavy (non-hydrogen) atoms. The van der Waals surface area contributed by atoms with E-state index in [0.29, 0.717) is 5.56 Å². The number of carbonyl (C=O) groups is 2. The lowest BCUT2D eigenvalue weighted by Gasteiger charge is -2.09. The summed E-state index contributed by atoms with van der Waals surface area (Å²) in [7, 11) is 0. The van der Waals surface area contributed by atoms with Crippen LogP contribution in [0.25, 0.3) is 5.95 Å². The average molecular weight is 353 g/mol. The van der Waals surface area contributed by atoms with Crippen molar-refractivity contribution in [1.82, 2.24) is 25.1 Å². The van der Waals surface area contributed by atoms with Gasteiger partial charge < -0.3 is 15.5 Å². The van der Waals surface area contributed by atoms with E-state index in [-0.39, 0.29) is 23.6 Å². The van der Waals surface area contributed by atoms with Gasteiger partial charge in [0.05, 0.1) is 5.56 Å². The molecule has 132 valence electrons. The smallest absolute Gasteiger partial charge is 0.335 e. The van der Waals surface area contributed by atoms with E-state index in [2.05, 4.69) is 20.4 Å². The second-order valence-corrected chi connectivity index (χ2v) is 5.50. The van der Waals surface area contributed by atoms with Crippen LogP contribution >= 0.6 is 0 Å². The van der Waals surface area contributed by atoms with Gasteiger partial charge in [0.15, 0.2) is 0 Å². The number of aromatic hydroxyl groups is 1. The third kappa shape index (κ3) is 3.51. The van der Waals surface area contributed by atoms with Crippen molar-refractivity contribution in [1.29, 1.82) is 0 Å². The van der Waals surface area contributed by atoms with E-state index in [1.165, 1.54) is 16.9 Å². The number of aromatic carboxylic acids is 1. The van der Waals surface area contributed by atoms with Gasteiger partial charge in [-0.25, -0.2) is 14.5 Å². The number of aryl methyl sites for hydroxylation is 1. The number of carbonyl (C=O) groups excluding carboxylic acids is 1. The van der Waals surface area contributed by atoms with Gasteiger partial charge >= 0.3 is 5.97 Å². The van der Waals surface area contributed by atoms with Crippen molar-refractivity contribution in [2.24, 2.45) is 0 Å². The Bertz CT molecular complexity index is 969. The topological polar surface area (TPSA) is 130 Å². The maximum Gasteiger partial charge on any atom is 0.335 e. The van der Waals surface area contributed by atoms with Crippen molar-refractivity contribution in [2.45, 2.75) is 13.5 Å². The van der Waals surface area contributed by atoms with Crippen LogP contribution in [0, 0.1) is 6.92 Å². The Kier molecular flexibility index (Phi) is 4.61. The van der Waals surface area contributed by atoms with Gasteiger partial charge in [-0.2, -0.15) is 10.1 Å². The van der Waals surface area contributed by atoms with Crippen molar-refractivity contribution in [3.05, 3.63) is 65.1 Å². The molecule has 0 unspecified atom stereocenters. The number of hydrogen-bond acceptors (Lipinski definition) is 6. The van der Waals surface area contributed by atoms with Crippen LogP contribution < -0.4 is 5.32 Å². The average Bonchev–Trinajstić information content (AvgIpc) is 3.14. The maximum absolute atomic E-state index is 12.2. The monoisotopic (exact) mass is 353 g/mol. The Hall–Kier alpha value is -3.75. The number of aromatic nitrogens is 4. The van der Waals surface area contributed by atoms with Gasteiger partial charge in [-0.05, 0) is 30.2 Å². The van der Waals surface area contributed by atoms with Gasteiger partial charge in [0.1, 0.15) is 5.56 Å². The summed E-state index contributed by atoms with van der Waals surface area (Å²) in [6.45, 7) is 1.85. The fraction of sp³-hybridized carbons (Fsp3) is 0.118. The van der Waals surface area contributed by atoms with Gasteiger partial charge in [0.2, 0.25) is 5.88 Å². The molecule has 0 spiro atoms. The van der Waals surface area contributed by atoms with Gasteiger partial charge in [0.25, 0.3) is 11.9 Å². The number of amides is 1. The second kappa shape index (κ2) is 7.01. The normalized spacial score (nSPS) is 10.5. The number of hydrogen-bond donors (Lipinski definition) is 3. The molecule has 1 amide bonds. The van der Waals surface area contributed by atoms with E-state index in [4.69, 9.17) is 5.11 Å². The van der Waals surface area contributed by atoms with Crippen LogP contribution in [0.1, 0.15) is 31.8 Å². The van der Waals surface area contributed by atoms with Crippen molar-refractivity contribution in [3.8, 4) is 11.8 Å². The summed E-state index contributed by atoms with van der Waals surface area (Å²) in [6.07, 6.45) is 4.36. The van der Waals surface area contributed by atoms with Crippen molar-refractivity contribution in [2.75, 3.05) is 0 Å². The van der Waals surface area contributed by atoms with Crippen LogP contribution in [0.15, 0.2) is 42.9 Å². The first kappa shape index (κ1) is 17.1. The molecule has 0 aliphatic carbocycles. The summed E-state index contributed by atoms with van der Waals surface area (Å²) in [5, 5.41) is 25.6. The second-order valence-electron chi connectivity index (χ2n) is 5.50. The highest BCUT2D eigenvalue weighted by atomic mass is 16.4. The summed E-state index contributed by atoms with van der Waals surface area (Å²) in [6, 6.07) is 6.46. The summed E-state index contributed by atoms with van der Waals surface area (Å²) in [5.41, 5.74) is 1.47. The molecule has 9 nitrogen and oxygen atoms in total. The summed E-state index contributed by atoms with van der Waals surface area (Å²) in [5.74, 6) is -1.86. The van der Waals surface area contributed by atoms with Crippen molar-refractivity contribution < 1.29 is 19.8 Å². The number of benzene rings is 1. The molecule has 3 aromatic rings. The zero-order valence-electron chi connectivity index (χ0n) is 13.7. The van der Waals surface area contributed by atoms with E-state index in [1.54, 1.807) is 37.5 Å². The van der Waals surface area contributed by atoms with Gasteiger partial charge in [-0.15, -0.1) is 0 Å². The van der Waals surface area contributed by atoms with E-state index in [0.717, 1.165) is 5.56 Å². The molecule has 0 aliphatic rings. The molecule has 9 heteroatoms. The molecule has 0 bridgehead atoms. The predicted octanol–water partition coefficient (Wildman–Crippen LogP) is 1.30. The fourth-order valence-electron chi connectivity index (χ4n) is 2.37. The zero-order valence-corrected chi connectivity index (χ0v) is 13.7. The molecule has 2 aromatic heterocycles. The van der Waals surface area contributed by atoms with Crippen LogP contribution in [-0.2, 0) is 6.54 Å². The van der Waals surface area contributed by atoms with Crippen molar-refractivity contribution in [3.63, 3.8) is 0 Å². The lowest BCUT2D eigenvalue weighted by Crippen LogP contribution is -2.23. The highest BCUT2D eigenvalue weighted by Crippen LogP contribution is 2.15. The Labute approximate surface area is 148 Å². The third-order valence-corrected chi connectivity index (χ3v) is 3.68. The first-order valence-electron chi connectivity index (χ1n) is 7.62. The van der Waals surface area contributed by atoms with E-state index >= 15 is 0 Å². The quantitative estimate of drug-likeness (QED) is 0.630. The van der Waals surface area contributed by atoms with E-state index in [9.17, 15) is 14.7 Å². The van der Waals surface area contributed by atoms with Crippen molar-refractivity contribution >= 4 is 11.9 Å². The van der Waals surface area contributed by atoms with Crippen LogP contribution in [-0.4, -0.2) is 41.8 Å². The Morgan fingerprint density at radius 2 is 2.08 bits per heavy atom. The minimum atomic E-state index is -1.00. The Balaban J connectivity index is 1.70. The largest absolute Gasteiger partial charge is 0.493 e. The first-order chi connectivity index (χ1) is 12.5. The van der Waals surface area contributed by atoms with Crippen LogP contribution in [0.5, 0.6) is 5.88 Å². The number of carboxylic acids is 1. The molecule has 0 saturated carbocycles. The summed E-state index contributed by atoms with van der Waals surface area (Å²) < 4.78 is 1.36. The summed E-state index contributed by atoms with van der Waals surface area (Å²) in [4.78, 5) is 31.1. The zero-order chi connectivity index (χ0) is 18.7. The number of rotatable bonds is 5. The SMILES string of the molecule is Cc1cc(CNC(=O)c2cnc(-n3cccn3)nc2O)ccc1C(=O)O. The van der Waals surface area contributed by atoms with Gasteiger partial charge in [-0.1, -0.05) is 12.1 Å². The van der Waals surface area contributed by atoms with Gasteiger partial charge in [0, 0.05) is 25.1 Å². The maximum atomic E-state index is 12.2. The number of nitrogens with zero attached hydrogens (tertiary/aromatic N) is 4. The number of carboxylic acid groups (broad SMARTS) is 1. The lowest BCUT2D eigenvalue weighted by molar-refractivity contribution is 0.0695. The Morgan fingerprint density at radius 1 is 1.27 bits per heavy atom. The van der Waals surface area contributed by atoms with Crippen LogP contribution in [0.2, 0.25) is 0 Å². The first-order valence-corrected chi connectivity index (χ1v) is 7.62. The highest BCUT2D eigenvalue weighted by Gasteiger charge is 2.15. The molecule has 0 atom stereocenters. The molecule has 0 fully saturated rings. The molecule has 1 aromatic carbocycles. The third-order valence-electron chi connectivity index (χ3n) is 3.68. The van der Waals surface area contributed by atoms with Crippen LogP contribution in [0.4, 0.5) is 0 Å². The number of nitrogens with one attached hydrogen (secondary N) is 1. The van der Waals surface area contributed by atoms with Gasteiger partial charge in [-0.3, -0.25) is 4.79 Å². The molecule has 0 saturated heterocycles. The molecule has 0 radical (unpaired) electrons. The molecule has 0 aliphatic heterocycles. The molecular formula is C17H15N5O4. The fourth-order valence-corrected chi connectivity index (χ4v) is 2.37. The molecule has 3 rings (SSSR count).